The maximum absolute atomic E-state index is 14.9. The fraction of sp³-hybridized carbons (Fsp3) is 0.700. The molecule has 0 N–H and O–H groups in total. The van der Waals surface area contributed by atoms with E-state index in [1.807, 2.05) is 12.1 Å². The standard InChI is InChI=1S/C20H32ClFN2/c1-20(2,3)18-6-4-5-17(15-18)19(22)7-8-23-9-12-24(16-21,13-10-23)14-11-23/h4-6,15,19H,7-14,16H2,1-3H3/q+2. The van der Waals surface area contributed by atoms with Crippen molar-refractivity contribution in [3.05, 3.63) is 35.4 Å². The predicted octanol–water partition coefficient (Wildman–Crippen LogP) is 4.24. The summed E-state index contributed by atoms with van der Waals surface area (Å²) in [5, 5.41) is 0. The Hall–Kier alpha value is -0.640. The van der Waals surface area contributed by atoms with Crippen molar-refractivity contribution < 1.29 is 13.4 Å². The molecule has 24 heavy (non-hydrogen) atoms. The first-order chi connectivity index (χ1) is 11.3. The molecule has 3 heterocycles. The quantitative estimate of drug-likeness (QED) is 0.421. The Morgan fingerprint density at radius 1 is 1.04 bits per heavy atom. The smallest absolute Gasteiger partial charge is 0.155 e. The predicted molar refractivity (Wildman–Crippen MR) is 98.9 cm³/mol. The number of halogens is 2. The zero-order valence-electron chi connectivity index (χ0n) is 15.4. The van der Waals surface area contributed by atoms with Crippen molar-refractivity contribution in [2.24, 2.45) is 0 Å². The lowest BCUT2D eigenvalue weighted by Gasteiger charge is -2.55. The number of hydrogen-bond acceptors (Lipinski definition) is 0. The Kier molecular flexibility index (Phi) is 4.98. The van der Waals surface area contributed by atoms with Gasteiger partial charge in [-0.2, -0.15) is 0 Å². The Morgan fingerprint density at radius 2 is 1.62 bits per heavy atom. The summed E-state index contributed by atoms with van der Waals surface area (Å²) in [6.45, 7) is 14.5. The number of hydrogen-bond donors (Lipinski definition) is 0. The van der Waals surface area contributed by atoms with Gasteiger partial charge in [-0.05, 0) is 16.5 Å². The molecule has 0 spiro atoms. The van der Waals surface area contributed by atoms with E-state index in [9.17, 15) is 4.39 Å². The molecular formula is C20H32ClFN2+2. The summed E-state index contributed by atoms with van der Waals surface area (Å²) >= 11 is 6.17. The summed E-state index contributed by atoms with van der Waals surface area (Å²) in [5.74, 6) is 0. The third-order valence-electron chi connectivity index (χ3n) is 6.37. The van der Waals surface area contributed by atoms with E-state index in [0.717, 1.165) is 27.1 Å². The van der Waals surface area contributed by atoms with Crippen molar-refractivity contribution in [2.45, 2.75) is 38.8 Å². The molecule has 4 rings (SSSR count). The number of rotatable bonds is 5. The SMILES string of the molecule is CC(C)(C)c1cccc(C(F)CC[N+]23CC[N+](CCl)(CC2)CC3)c1. The molecule has 2 bridgehead atoms. The van der Waals surface area contributed by atoms with Crippen molar-refractivity contribution in [1.82, 2.24) is 0 Å². The molecule has 1 aromatic carbocycles. The molecule has 0 amide bonds. The lowest BCUT2D eigenvalue weighted by molar-refractivity contribution is -1.08. The van der Waals surface area contributed by atoms with Crippen LogP contribution in [-0.2, 0) is 5.41 Å². The molecule has 3 aliphatic heterocycles. The fourth-order valence-corrected chi connectivity index (χ4v) is 4.57. The van der Waals surface area contributed by atoms with Crippen LogP contribution in [0.3, 0.4) is 0 Å². The molecular weight excluding hydrogens is 323 g/mol. The van der Waals surface area contributed by atoms with Crippen molar-refractivity contribution in [2.75, 3.05) is 51.8 Å². The highest BCUT2D eigenvalue weighted by molar-refractivity contribution is 6.17. The van der Waals surface area contributed by atoms with Gasteiger partial charge in [-0.1, -0.05) is 56.6 Å². The van der Waals surface area contributed by atoms with Crippen LogP contribution in [-0.4, -0.2) is 60.8 Å². The van der Waals surface area contributed by atoms with E-state index >= 15 is 0 Å². The van der Waals surface area contributed by atoms with Gasteiger partial charge < -0.3 is 4.48 Å². The van der Waals surface area contributed by atoms with Gasteiger partial charge in [-0.25, -0.2) is 4.39 Å². The minimum atomic E-state index is -0.851. The normalized spacial score (nSPS) is 31.2. The first-order valence-electron chi connectivity index (χ1n) is 9.28. The molecule has 2 nitrogen and oxygen atoms in total. The number of nitrogens with zero attached hydrogens (tertiary/aromatic N) is 2. The molecule has 3 saturated heterocycles. The molecule has 1 aromatic rings. The summed E-state index contributed by atoms with van der Waals surface area (Å²) in [4.78, 5) is 0. The van der Waals surface area contributed by atoms with Crippen molar-refractivity contribution in [3.63, 3.8) is 0 Å². The number of fused-ring (bicyclic) bond motifs is 3. The van der Waals surface area contributed by atoms with E-state index in [2.05, 4.69) is 32.9 Å². The summed E-state index contributed by atoms with van der Waals surface area (Å²) in [6, 6.07) is 8.86. The van der Waals surface area contributed by atoms with E-state index < -0.39 is 6.17 Å². The highest BCUT2D eigenvalue weighted by Crippen LogP contribution is 2.31. The molecule has 1 atom stereocenters. The van der Waals surface area contributed by atoms with Crippen LogP contribution in [0.5, 0.6) is 0 Å². The lowest BCUT2D eigenvalue weighted by Crippen LogP contribution is -2.74. The van der Waals surface area contributed by atoms with Crippen molar-refractivity contribution in [1.29, 1.82) is 0 Å². The Morgan fingerprint density at radius 3 is 2.17 bits per heavy atom. The van der Waals surface area contributed by atoms with E-state index in [1.54, 1.807) is 0 Å². The van der Waals surface area contributed by atoms with Crippen LogP contribution >= 0.6 is 11.6 Å². The molecule has 1 unspecified atom stereocenters. The van der Waals surface area contributed by atoms with Gasteiger partial charge in [0.1, 0.15) is 45.4 Å². The van der Waals surface area contributed by atoms with Gasteiger partial charge in [0, 0.05) is 6.42 Å². The maximum Gasteiger partial charge on any atom is 0.155 e. The van der Waals surface area contributed by atoms with Crippen LogP contribution in [0.1, 0.15) is 44.5 Å². The lowest BCUT2D eigenvalue weighted by atomic mass is 9.85. The van der Waals surface area contributed by atoms with E-state index in [0.29, 0.717) is 6.42 Å². The van der Waals surface area contributed by atoms with Gasteiger partial charge >= 0.3 is 0 Å². The van der Waals surface area contributed by atoms with Crippen LogP contribution in [0, 0.1) is 0 Å². The molecule has 3 aliphatic rings. The number of piperazine rings is 3. The minimum Gasteiger partial charge on any atom is -0.310 e. The van der Waals surface area contributed by atoms with Crippen LogP contribution in [0.15, 0.2) is 24.3 Å². The number of alkyl halides is 2. The number of benzene rings is 1. The van der Waals surface area contributed by atoms with E-state index in [1.165, 1.54) is 44.8 Å². The van der Waals surface area contributed by atoms with E-state index in [4.69, 9.17) is 11.6 Å². The second-order valence-corrected chi connectivity index (χ2v) is 9.24. The highest BCUT2D eigenvalue weighted by atomic mass is 35.5. The second kappa shape index (κ2) is 6.59. The summed E-state index contributed by atoms with van der Waals surface area (Å²) < 4.78 is 17.1. The average Bonchev–Trinajstić information content (AvgIpc) is 2.61. The van der Waals surface area contributed by atoms with Gasteiger partial charge in [0.05, 0.1) is 6.54 Å². The molecule has 134 valence electrons. The van der Waals surface area contributed by atoms with Gasteiger partial charge in [0.25, 0.3) is 0 Å². The maximum atomic E-state index is 14.9. The largest absolute Gasteiger partial charge is 0.310 e. The Bertz CT molecular complexity index is 557. The molecule has 0 radical (unpaired) electrons. The molecule has 3 fully saturated rings. The zero-order valence-corrected chi connectivity index (χ0v) is 16.2. The van der Waals surface area contributed by atoms with Crippen LogP contribution in [0.4, 0.5) is 4.39 Å². The fourth-order valence-electron chi connectivity index (χ4n) is 4.21. The van der Waals surface area contributed by atoms with E-state index in [-0.39, 0.29) is 5.41 Å². The van der Waals surface area contributed by atoms with Crippen LogP contribution in [0.2, 0.25) is 0 Å². The van der Waals surface area contributed by atoms with Gasteiger partial charge in [-0.15, -0.1) is 0 Å². The summed E-state index contributed by atoms with van der Waals surface area (Å²) in [7, 11) is 0. The van der Waals surface area contributed by atoms with Gasteiger partial charge in [0.2, 0.25) is 0 Å². The van der Waals surface area contributed by atoms with Crippen molar-refractivity contribution in [3.8, 4) is 0 Å². The van der Waals surface area contributed by atoms with Crippen molar-refractivity contribution >= 4 is 11.6 Å². The third kappa shape index (κ3) is 3.63. The van der Waals surface area contributed by atoms with Gasteiger partial charge in [0.15, 0.2) is 6.00 Å². The Balaban J connectivity index is 1.61. The van der Waals surface area contributed by atoms with Gasteiger partial charge in [-0.3, -0.25) is 4.48 Å². The third-order valence-corrected chi connectivity index (χ3v) is 6.88. The van der Waals surface area contributed by atoms with Crippen LogP contribution in [0.25, 0.3) is 0 Å². The second-order valence-electron chi connectivity index (χ2n) is 9.00. The summed E-state index contributed by atoms with van der Waals surface area (Å²) in [6.07, 6.45) is -0.218. The first-order valence-corrected chi connectivity index (χ1v) is 9.82. The molecule has 0 saturated carbocycles. The molecule has 0 aliphatic carbocycles. The monoisotopic (exact) mass is 354 g/mol. The average molecular weight is 355 g/mol. The zero-order chi connectivity index (χ0) is 17.4. The topological polar surface area (TPSA) is 0 Å². The molecule has 4 heteroatoms. The summed E-state index contributed by atoms with van der Waals surface area (Å²) in [5.41, 5.74) is 2.13. The minimum absolute atomic E-state index is 0.0695. The highest BCUT2D eigenvalue weighted by Gasteiger charge is 2.48. The Labute approximate surface area is 151 Å². The van der Waals surface area contributed by atoms with Crippen LogP contribution < -0.4 is 0 Å². The molecule has 0 aromatic heterocycles. The first kappa shape index (κ1) is 18.2. The number of quaternary nitrogens is 2.